The number of carboxylic acid groups (broad SMARTS) is 1. The molecule has 2 N–H and O–H groups in total. The van der Waals surface area contributed by atoms with Crippen LogP contribution in [-0.4, -0.2) is 44.9 Å². The molecule has 7 heteroatoms. The number of aromatic nitrogens is 2. The van der Waals surface area contributed by atoms with Gasteiger partial charge < -0.3 is 15.3 Å². The van der Waals surface area contributed by atoms with Crippen LogP contribution in [0.25, 0.3) is 0 Å². The fourth-order valence-corrected chi connectivity index (χ4v) is 2.73. The molecule has 2 heterocycles. The molecule has 2 amide bonds. The first-order valence-corrected chi connectivity index (χ1v) is 7.10. The largest absolute Gasteiger partial charge is 0.481 e. The highest BCUT2D eigenvalue weighted by atomic mass is 16.4. The van der Waals surface area contributed by atoms with Gasteiger partial charge in [-0.05, 0) is 18.4 Å². The summed E-state index contributed by atoms with van der Waals surface area (Å²) in [5.74, 6) is -0.832. The van der Waals surface area contributed by atoms with Crippen LogP contribution >= 0.6 is 0 Å². The SMILES string of the molecule is CC(C)C1(C(=O)O)CCN(C(=O)NCc2ccn(C)n2)C1. The van der Waals surface area contributed by atoms with Crippen LogP contribution in [0.4, 0.5) is 4.79 Å². The van der Waals surface area contributed by atoms with Crippen LogP contribution in [0, 0.1) is 11.3 Å². The molecular formula is C14H22N4O3. The Balaban J connectivity index is 1.94. The van der Waals surface area contributed by atoms with Gasteiger partial charge in [-0.2, -0.15) is 5.10 Å². The molecule has 1 aliphatic heterocycles. The van der Waals surface area contributed by atoms with Crippen molar-refractivity contribution < 1.29 is 14.7 Å². The summed E-state index contributed by atoms with van der Waals surface area (Å²) in [4.78, 5) is 25.3. The molecule has 0 spiro atoms. The number of aryl methyl sites for hydroxylation is 1. The van der Waals surface area contributed by atoms with Crippen molar-refractivity contribution in [2.75, 3.05) is 13.1 Å². The summed E-state index contributed by atoms with van der Waals surface area (Å²) in [6.07, 6.45) is 2.31. The van der Waals surface area contributed by atoms with Crippen molar-refractivity contribution in [3.05, 3.63) is 18.0 Å². The number of hydrogen-bond acceptors (Lipinski definition) is 3. The Hall–Kier alpha value is -2.05. The normalized spacial score (nSPS) is 21.8. The Labute approximate surface area is 123 Å². The van der Waals surface area contributed by atoms with Gasteiger partial charge in [0.15, 0.2) is 0 Å². The minimum Gasteiger partial charge on any atom is -0.481 e. The topological polar surface area (TPSA) is 87.5 Å². The standard InChI is InChI=1S/C14H22N4O3/c1-10(2)14(12(19)20)5-7-18(9-14)13(21)15-8-11-4-6-17(3)16-11/h4,6,10H,5,7-9H2,1-3H3,(H,15,21)(H,19,20). The van der Waals surface area contributed by atoms with Gasteiger partial charge in [-0.1, -0.05) is 13.8 Å². The number of likely N-dealkylation sites (tertiary alicyclic amines) is 1. The molecule has 1 aromatic rings. The van der Waals surface area contributed by atoms with Crippen molar-refractivity contribution in [1.29, 1.82) is 0 Å². The Morgan fingerprint density at radius 2 is 2.24 bits per heavy atom. The van der Waals surface area contributed by atoms with E-state index in [2.05, 4.69) is 10.4 Å². The summed E-state index contributed by atoms with van der Waals surface area (Å²) in [7, 11) is 1.82. The Kier molecular flexibility index (Phi) is 4.20. The predicted octanol–water partition coefficient (Wildman–Crippen LogP) is 1.06. The van der Waals surface area contributed by atoms with Gasteiger partial charge in [0.1, 0.15) is 0 Å². The Morgan fingerprint density at radius 3 is 2.71 bits per heavy atom. The average molecular weight is 294 g/mol. The smallest absolute Gasteiger partial charge is 0.317 e. The number of aliphatic carboxylic acids is 1. The number of amides is 2. The quantitative estimate of drug-likeness (QED) is 0.869. The number of carbonyl (C=O) groups is 2. The maximum atomic E-state index is 12.1. The second kappa shape index (κ2) is 5.75. The van der Waals surface area contributed by atoms with E-state index in [0.29, 0.717) is 19.5 Å². The third-order valence-corrected chi connectivity index (χ3v) is 4.31. The van der Waals surface area contributed by atoms with Gasteiger partial charge in [-0.3, -0.25) is 9.48 Å². The minimum absolute atomic E-state index is 0.0106. The molecule has 1 saturated heterocycles. The van der Waals surface area contributed by atoms with E-state index >= 15 is 0 Å². The number of carbonyl (C=O) groups excluding carboxylic acids is 1. The molecule has 1 atom stereocenters. The summed E-state index contributed by atoms with van der Waals surface area (Å²) >= 11 is 0. The lowest BCUT2D eigenvalue weighted by Crippen LogP contribution is -2.43. The summed E-state index contributed by atoms with van der Waals surface area (Å²) < 4.78 is 1.67. The van der Waals surface area contributed by atoms with Crippen molar-refractivity contribution in [3.63, 3.8) is 0 Å². The van der Waals surface area contributed by atoms with E-state index in [9.17, 15) is 14.7 Å². The molecule has 116 valence electrons. The molecule has 7 nitrogen and oxygen atoms in total. The monoisotopic (exact) mass is 294 g/mol. The van der Waals surface area contributed by atoms with E-state index < -0.39 is 11.4 Å². The summed E-state index contributed by atoms with van der Waals surface area (Å²) in [6.45, 7) is 4.86. The van der Waals surface area contributed by atoms with Crippen molar-refractivity contribution in [1.82, 2.24) is 20.0 Å². The second-order valence-electron chi connectivity index (χ2n) is 5.93. The van der Waals surface area contributed by atoms with E-state index in [-0.39, 0.29) is 18.5 Å². The van der Waals surface area contributed by atoms with Crippen LogP contribution in [0.1, 0.15) is 26.0 Å². The van der Waals surface area contributed by atoms with Crippen LogP contribution in [0.3, 0.4) is 0 Å². The fraction of sp³-hybridized carbons (Fsp3) is 0.643. The second-order valence-corrected chi connectivity index (χ2v) is 5.93. The number of nitrogens with one attached hydrogen (secondary N) is 1. The van der Waals surface area contributed by atoms with Gasteiger partial charge in [0, 0.05) is 26.3 Å². The highest BCUT2D eigenvalue weighted by Gasteiger charge is 2.48. The molecule has 1 fully saturated rings. The zero-order valence-electron chi connectivity index (χ0n) is 12.7. The van der Waals surface area contributed by atoms with Crippen LogP contribution in [-0.2, 0) is 18.4 Å². The van der Waals surface area contributed by atoms with E-state index in [0.717, 1.165) is 5.69 Å². The first-order chi connectivity index (χ1) is 9.85. The zero-order valence-corrected chi connectivity index (χ0v) is 12.7. The number of hydrogen-bond donors (Lipinski definition) is 2. The van der Waals surface area contributed by atoms with Crippen molar-refractivity contribution in [3.8, 4) is 0 Å². The molecule has 1 aromatic heterocycles. The molecule has 0 radical (unpaired) electrons. The molecule has 0 saturated carbocycles. The third kappa shape index (κ3) is 3.01. The number of rotatable bonds is 4. The maximum Gasteiger partial charge on any atom is 0.317 e. The minimum atomic E-state index is -0.831. The van der Waals surface area contributed by atoms with Crippen LogP contribution < -0.4 is 5.32 Å². The van der Waals surface area contributed by atoms with Crippen LogP contribution in [0.5, 0.6) is 0 Å². The molecular weight excluding hydrogens is 272 g/mol. The molecule has 0 bridgehead atoms. The van der Waals surface area contributed by atoms with E-state index in [1.54, 1.807) is 9.58 Å². The first-order valence-electron chi connectivity index (χ1n) is 7.10. The number of carboxylic acids is 1. The Bertz CT molecular complexity index is 540. The molecule has 2 rings (SSSR count). The highest BCUT2D eigenvalue weighted by Crippen LogP contribution is 2.38. The summed E-state index contributed by atoms with van der Waals surface area (Å²) in [5.41, 5.74) is -0.0547. The van der Waals surface area contributed by atoms with Gasteiger partial charge in [0.25, 0.3) is 0 Å². The molecule has 0 aliphatic carbocycles. The van der Waals surface area contributed by atoms with Crippen LogP contribution in [0.15, 0.2) is 12.3 Å². The molecule has 1 aliphatic rings. The van der Waals surface area contributed by atoms with E-state index in [1.165, 1.54) is 0 Å². The average Bonchev–Trinajstić information content (AvgIpc) is 3.03. The maximum absolute atomic E-state index is 12.1. The van der Waals surface area contributed by atoms with Gasteiger partial charge in [-0.25, -0.2) is 4.79 Å². The lowest BCUT2D eigenvalue weighted by atomic mass is 9.76. The third-order valence-electron chi connectivity index (χ3n) is 4.31. The summed E-state index contributed by atoms with van der Waals surface area (Å²) in [5, 5.41) is 16.4. The van der Waals surface area contributed by atoms with Gasteiger partial charge >= 0.3 is 12.0 Å². The molecule has 21 heavy (non-hydrogen) atoms. The fourth-order valence-electron chi connectivity index (χ4n) is 2.73. The van der Waals surface area contributed by atoms with E-state index in [4.69, 9.17) is 0 Å². The number of nitrogens with zero attached hydrogens (tertiary/aromatic N) is 3. The summed E-state index contributed by atoms with van der Waals surface area (Å²) in [6, 6.07) is 1.60. The highest BCUT2D eigenvalue weighted by molar-refractivity contribution is 5.80. The Morgan fingerprint density at radius 1 is 1.52 bits per heavy atom. The van der Waals surface area contributed by atoms with Crippen LogP contribution in [0.2, 0.25) is 0 Å². The van der Waals surface area contributed by atoms with Crippen molar-refractivity contribution in [2.45, 2.75) is 26.8 Å². The number of urea groups is 1. The van der Waals surface area contributed by atoms with Crippen molar-refractivity contribution >= 4 is 12.0 Å². The lowest BCUT2D eigenvalue weighted by Gasteiger charge is -2.28. The zero-order chi connectivity index (χ0) is 15.6. The van der Waals surface area contributed by atoms with Gasteiger partial charge in [0.05, 0.1) is 17.7 Å². The lowest BCUT2D eigenvalue weighted by molar-refractivity contribution is -0.150. The first kappa shape index (κ1) is 15.3. The van der Waals surface area contributed by atoms with E-state index in [1.807, 2.05) is 33.2 Å². The molecule has 0 aromatic carbocycles. The predicted molar refractivity (Wildman–Crippen MR) is 76.5 cm³/mol. The van der Waals surface area contributed by atoms with Gasteiger partial charge in [0.2, 0.25) is 0 Å². The van der Waals surface area contributed by atoms with Gasteiger partial charge in [-0.15, -0.1) is 0 Å². The molecule has 1 unspecified atom stereocenters. The van der Waals surface area contributed by atoms with Crippen molar-refractivity contribution in [2.24, 2.45) is 18.4 Å².